The third-order valence-electron chi connectivity index (χ3n) is 5.36. The Morgan fingerprint density at radius 3 is 1.71 bits per heavy atom. The summed E-state index contributed by atoms with van der Waals surface area (Å²) in [6, 6.07) is 24.8. The number of carbonyl (C=O) groups excluding carboxylic acids is 2. The van der Waals surface area contributed by atoms with Gasteiger partial charge in [0.15, 0.2) is 6.10 Å². The predicted molar refractivity (Wildman–Crippen MR) is 138 cm³/mol. The Morgan fingerprint density at radius 1 is 0.743 bits per heavy atom. The number of carbonyl (C=O) groups is 2. The quantitative estimate of drug-likeness (QED) is 0.234. The summed E-state index contributed by atoms with van der Waals surface area (Å²) in [6.07, 6.45) is 3.56. The molecule has 0 spiro atoms. The first-order chi connectivity index (χ1) is 17.0. The Labute approximate surface area is 206 Å². The maximum Gasteiger partial charge on any atom is 0.330 e. The lowest BCUT2D eigenvalue weighted by Crippen LogP contribution is -2.30. The Kier molecular flexibility index (Phi) is 9.43. The van der Waals surface area contributed by atoms with Crippen molar-refractivity contribution >= 4 is 11.9 Å². The van der Waals surface area contributed by atoms with E-state index < -0.39 is 18.0 Å². The summed E-state index contributed by atoms with van der Waals surface area (Å²) in [6.45, 7) is 8.78. The number of hydrogen-bond donors (Lipinski definition) is 0. The molecule has 0 aliphatic carbocycles. The zero-order valence-electron chi connectivity index (χ0n) is 19.9. The van der Waals surface area contributed by atoms with Crippen molar-refractivity contribution in [2.24, 2.45) is 0 Å². The van der Waals surface area contributed by atoms with E-state index >= 15 is 0 Å². The molecular formula is C30H30O5. The van der Waals surface area contributed by atoms with Gasteiger partial charge in [-0.25, -0.2) is 9.59 Å². The second kappa shape index (κ2) is 12.9. The molecule has 1 atom stereocenters. The molecule has 5 heteroatoms. The van der Waals surface area contributed by atoms with Crippen molar-refractivity contribution in [2.75, 3.05) is 13.2 Å². The van der Waals surface area contributed by atoms with Crippen molar-refractivity contribution in [1.82, 2.24) is 0 Å². The zero-order valence-corrected chi connectivity index (χ0v) is 19.9. The summed E-state index contributed by atoms with van der Waals surface area (Å²) in [5, 5.41) is 0. The van der Waals surface area contributed by atoms with Crippen molar-refractivity contribution in [3.63, 3.8) is 0 Å². The molecule has 3 aromatic carbocycles. The molecule has 180 valence electrons. The Balaban J connectivity index is 1.61. The topological polar surface area (TPSA) is 61.8 Å². The summed E-state index contributed by atoms with van der Waals surface area (Å²) >= 11 is 0. The van der Waals surface area contributed by atoms with Crippen molar-refractivity contribution in [1.29, 1.82) is 0 Å². The minimum absolute atomic E-state index is 0.0229. The van der Waals surface area contributed by atoms with Gasteiger partial charge in [0.1, 0.15) is 19.0 Å². The average Bonchev–Trinajstić information content (AvgIpc) is 2.91. The summed E-state index contributed by atoms with van der Waals surface area (Å²) in [4.78, 5) is 22.9. The molecule has 0 N–H and O–H groups in total. The van der Waals surface area contributed by atoms with Gasteiger partial charge in [-0.3, -0.25) is 0 Å². The summed E-state index contributed by atoms with van der Waals surface area (Å²) < 4.78 is 15.9. The number of esters is 2. The van der Waals surface area contributed by atoms with Crippen LogP contribution in [0.1, 0.15) is 18.9 Å². The second-order valence-corrected chi connectivity index (χ2v) is 7.96. The van der Waals surface area contributed by atoms with Gasteiger partial charge < -0.3 is 14.2 Å². The van der Waals surface area contributed by atoms with Gasteiger partial charge in [0, 0.05) is 12.2 Å². The van der Waals surface area contributed by atoms with E-state index in [0.717, 1.165) is 36.1 Å². The molecule has 5 nitrogen and oxygen atoms in total. The molecule has 0 radical (unpaired) electrons. The smallest absolute Gasteiger partial charge is 0.330 e. The van der Waals surface area contributed by atoms with Crippen LogP contribution in [-0.4, -0.2) is 31.3 Å². The van der Waals surface area contributed by atoms with Crippen LogP contribution in [0, 0.1) is 0 Å². The first kappa shape index (κ1) is 25.5. The van der Waals surface area contributed by atoms with E-state index in [4.69, 9.17) is 14.2 Å². The number of ether oxygens (including phenoxy) is 3. The highest BCUT2D eigenvalue weighted by molar-refractivity contribution is 5.82. The maximum absolute atomic E-state index is 11.5. The van der Waals surface area contributed by atoms with Crippen molar-refractivity contribution in [3.8, 4) is 28.0 Å². The molecular weight excluding hydrogens is 440 g/mol. The van der Waals surface area contributed by atoms with Crippen LogP contribution < -0.4 is 4.74 Å². The van der Waals surface area contributed by atoms with E-state index in [0.29, 0.717) is 5.75 Å². The molecule has 0 heterocycles. The zero-order chi connectivity index (χ0) is 25.0. The summed E-state index contributed by atoms with van der Waals surface area (Å²) in [5.41, 5.74) is 5.88. The van der Waals surface area contributed by atoms with Crippen molar-refractivity contribution < 1.29 is 23.8 Å². The van der Waals surface area contributed by atoms with Crippen LogP contribution in [0.3, 0.4) is 0 Å². The third kappa shape index (κ3) is 7.71. The van der Waals surface area contributed by atoms with Gasteiger partial charge in [-0.1, -0.05) is 87.2 Å². The average molecular weight is 471 g/mol. The van der Waals surface area contributed by atoms with Gasteiger partial charge in [0.25, 0.3) is 0 Å². The van der Waals surface area contributed by atoms with E-state index in [1.807, 2.05) is 24.3 Å². The maximum atomic E-state index is 11.5. The van der Waals surface area contributed by atoms with Gasteiger partial charge in [-0.15, -0.1) is 0 Å². The summed E-state index contributed by atoms with van der Waals surface area (Å²) in [7, 11) is 0. The lowest BCUT2D eigenvalue weighted by Gasteiger charge is -2.17. The minimum Gasteiger partial charge on any atom is -0.490 e. The van der Waals surface area contributed by atoms with Crippen LogP contribution in [-0.2, 0) is 25.5 Å². The molecule has 3 rings (SSSR count). The van der Waals surface area contributed by atoms with Crippen molar-refractivity contribution in [2.45, 2.75) is 25.9 Å². The molecule has 0 aromatic heterocycles. The largest absolute Gasteiger partial charge is 0.490 e. The monoisotopic (exact) mass is 470 g/mol. The lowest BCUT2D eigenvalue weighted by molar-refractivity contribution is -0.154. The minimum atomic E-state index is -0.771. The highest BCUT2D eigenvalue weighted by Gasteiger charge is 2.16. The standard InChI is InChI=1S/C30H30O5/c1-4-7-22-8-10-23(11-9-22)24-12-14-25(15-13-24)26-16-18-27(19-17-26)33-20-28(35-30(32)6-3)21-34-29(31)5-2/h5-6,8-19,28H,2-4,7,20-21H2,1H3. The van der Waals surface area contributed by atoms with Crippen LogP contribution >= 0.6 is 0 Å². The van der Waals surface area contributed by atoms with Crippen molar-refractivity contribution in [3.05, 3.63) is 104 Å². The van der Waals surface area contributed by atoms with E-state index in [1.54, 1.807) is 0 Å². The Morgan fingerprint density at radius 2 is 1.23 bits per heavy atom. The molecule has 0 fully saturated rings. The van der Waals surface area contributed by atoms with Crippen LogP contribution in [0.2, 0.25) is 0 Å². The van der Waals surface area contributed by atoms with Gasteiger partial charge in [0.2, 0.25) is 0 Å². The van der Waals surface area contributed by atoms with E-state index in [9.17, 15) is 9.59 Å². The molecule has 0 amide bonds. The molecule has 1 unspecified atom stereocenters. The fourth-order valence-electron chi connectivity index (χ4n) is 3.50. The van der Waals surface area contributed by atoms with Gasteiger partial charge in [0.05, 0.1) is 0 Å². The fraction of sp³-hybridized carbons (Fsp3) is 0.200. The predicted octanol–water partition coefficient (Wildman–Crippen LogP) is 6.18. The Hall–Kier alpha value is -4.12. The highest BCUT2D eigenvalue weighted by atomic mass is 16.6. The molecule has 0 bridgehead atoms. The van der Waals surface area contributed by atoms with Crippen LogP contribution in [0.15, 0.2) is 98.1 Å². The molecule has 0 saturated heterocycles. The third-order valence-corrected chi connectivity index (χ3v) is 5.36. The molecule has 3 aromatic rings. The van der Waals surface area contributed by atoms with E-state index in [2.05, 4.69) is 68.6 Å². The van der Waals surface area contributed by atoms with E-state index in [1.165, 1.54) is 16.7 Å². The molecule has 0 saturated carbocycles. The fourth-order valence-corrected chi connectivity index (χ4v) is 3.50. The van der Waals surface area contributed by atoms with E-state index in [-0.39, 0.29) is 13.2 Å². The van der Waals surface area contributed by atoms with Crippen LogP contribution in [0.25, 0.3) is 22.3 Å². The van der Waals surface area contributed by atoms with Crippen LogP contribution in [0.5, 0.6) is 5.75 Å². The van der Waals surface area contributed by atoms with Gasteiger partial charge in [-0.2, -0.15) is 0 Å². The number of aryl methyl sites for hydroxylation is 1. The summed E-state index contributed by atoms with van der Waals surface area (Å²) in [5.74, 6) is -0.621. The van der Waals surface area contributed by atoms with Gasteiger partial charge in [-0.05, 0) is 46.4 Å². The van der Waals surface area contributed by atoms with Crippen LogP contribution in [0.4, 0.5) is 0 Å². The lowest BCUT2D eigenvalue weighted by atomic mass is 9.99. The number of benzene rings is 3. The second-order valence-electron chi connectivity index (χ2n) is 7.96. The SMILES string of the molecule is C=CC(=O)OCC(COc1ccc(-c2ccc(-c3ccc(CCC)cc3)cc2)cc1)OC(=O)C=C. The number of hydrogen-bond acceptors (Lipinski definition) is 5. The number of rotatable bonds is 12. The Bertz CT molecular complexity index is 1130. The molecule has 0 aliphatic rings. The highest BCUT2D eigenvalue weighted by Crippen LogP contribution is 2.27. The molecule has 35 heavy (non-hydrogen) atoms. The first-order valence-corrected chi connectivity index (χ1v) is 11.6. The van der Waals surface area contributed by atoms with Gasteiger partial charge >= 0.3 is 11.9 Å². The molecule has 0 aliphatic heterocycles. The first-order valence-electron chi connectivity index (χ1n) is 11.6. The normalized spacial score (nSPS) is 11.2.